The summed E-state index contributed by atoms with van der Waals surface area (Å²) in [6.07, 6.45) is 2.48. The van der Waals surface area contributed by atoms with E-state index in [4.69, 9.17) is 13.9 Å². The number of Topliss-reactive ketones (excluding diaryl/α,β-unsaturated/α-hetero) is 1. The predicted octanol–water partition coefficient (Wildman–Crippen LogP) is 1.85. The Balaban J connectivity index is 2.06. The summed E-state index contributed by atoms with van der Waals surface area (Å²) in [7, 11) is 2.17. The molecule has 0 bridgehead atoms. The second-order valence-corrected chi connectivity index (χ2v) is 11.3. The molecular weight excluding hydrogens is 440 g/mol. The molecule has 188 valence electrons. The number of nitrogens with zero attached hydrogens (tertiary/aromatic N) is 1. The van der Waals surface area contributed by atoms with Gasteiger partial charge in [0.2, 0.25) is 5.91 Å². The third-order valence-electron chi connectivity index (χ3n) is 7.15. The summed E-state index contributed by atoms with van der Waals surface area (Å²) in [6.45, 7) is 15.0. The Kier molecular flexibility index (Phi) is 9.29. The summed E-state index contributed by atoms with van der Waals surface area (Å²) in [5.41, 5.74) is -0.603. The second-order valence-electron chi connectivity index (χ2n) is 10.9. The van der Waals surface area contributed by atoms with Crippen molar-refractivity contribution >= 4 is 28.3 Å². The molecule has 0 aromatic heterocycles. The molecule has 0 spiro atoms. The van der Waals surface area contributed by atoms with Crippen LogP contribution < -0.4 is 5.32 Å². The van der Waals surface area contributed by atoms with Crippen molar-refractivity contribution < 1.29 is 28.3 Å². The van der Waals surface area contributed by atoms with Gasteiger partial charge in [-0.05, 0) is 31.6 Å². The summed E-state index contributed by atoms with van der Waals surface area (Å²) in [5, 5.41) is 2.96. The molecule has 0 aromatic carbocycles. The van der Waals surface area contributed by atoms with E-state index in [1.54, 1.807) is 12.0 Å². The van der Waals surface area contributed by atoms with Gasteiger partial charge < -0.3 is 24.1 Å². The minimum absolute atomic E-state index is 0.00258. The highest BCUT2D eigenvalue weighted by Gasteiger charge is 2.54. The number of amides is 2. The number of ether oxygens (including phenoxy) is 2. The molecular formula is C24H42N2O6Si. The zero-order chi connectivity index (χ0) is 25.0. The van der Waals surface area contributed by atoms with Gasteiger partial charge >= 0.3 is 6.09 Å². The van der Waals surface area contributed by atoms with Gasteiger partial charge in [-0.2, -0.15) is 0 Å². The van der Waals surface area contributed by atoms with E-state index in [1.165, 1.54) is 6.08 Å². The number of carbonyl (C=O) groups is 3. The van der Waals surface area contributed by atoms with Gasteiger partial charge in [0.15, 0.2) is 0 Å². The molecule has 2 aliphatic rings. The fraction of sp³-hybridized carbons (Fsp3) is 0.792. The SMILES string of the molecule is C=CCOC(=O)N1CCC(CC(=O)C[C@H]2NC(=O)[C@H]2[C@H](C(C)(C)C)C(C)(C)O[SiH3])C1COC. The average Bonchev–Trinajstić information content (AvgIpc) is 3.11. The van der Waals surface area contributed by atoms with Crippen molar-refractivity contribution in [2.24, 2.45) is 23.2 Å². The highest BCUT2D eigenvalue weighted by Crippen LogP contribution is 2.46. The summed E-state index contributed by atoms with van der Waals surface area (Å²) in [4.78, 5) is 39.7. The first-order chi connectivity index (χ1) is 15.4. The molecule has 2 aliphatic heterocycles. The monoisotopic (exact) mass is 482 g/mol. The van der Waals surface area contributed by atoms with E-state index in [-0.39, 0.29) is 60.0 Å². The van der Waals surface area contributed by atoms with Crippen LogP contribution in [0.1, 0.15) is 53.9 Å². The smallest absolute Gasteiger partial charge is 0.410 e. The van der Waals surface area contributed by atoms with Crippen molar-refractivity contribution in [3.8, 4) is 0 Å². The van der Waals surface area contributed by atoms with Crippen LogP contribution in [0.3, 0.4) is 0 Å². The maximum absolute atomic E-state index is 13.1. The van der Waals surface area contributed by atoms with Crippen LogP contribution in [0.5, 0.6) is 0 Å². The largest absolute Gasteiger partial charge is 0.445 e. The molecule has 2 fully saturated rings. The zero-order valence-corrected chi connectivity index (χ0v) is 23.3. The van der Waals surface area contributed by atoms with E-state index in [0.29, 0.717) is 30.1 Å². The normalized spacial score (nSPS) is 26.5. The van der Waals surface area contributed by atoms with Crippen LogP contribution in [-0.4, -0.2) is 77.7 Å². The number of likely N-dealkylation sites (tertiary alicyclic amines) is 1. The summed E-state index contributed by atoms with van der Waals surface area (Å²) >= 11 is 0. The van der Waals surface area contributed by atoms with E-state index >= 15 is 0 Å². The Morgan fingerprint density at radius 3 is 2.45 bits per heavy atom. The molecule has 2 amide bonds. The summed E-state index contributed by atoms with van der Waals surface area (Å²) in [5.74, 6) is -0.190. The Morgan fingerprint density at radius 1 is 1.27 bits per heavy atom. The quantitative estimate of drug-likeness (QED) is 0.274. The standard InChI is InChI=1S/C24H42N2O6Si/c1-8-11-31-22(29)26-10-9-15(18(26)14-30-7)12-16(27)13-17-19(21(28)25-17)20(23(2,3)4)24(5,6)32-33/h8,15,17-20H,1,9-14H2,2-7,33H3,(H,25,28)/t15?,17-,18?,19-,20-/m1/s1. The van der Waals surface area contributed by atoms with Gasteiger partial charge in [0.05, 0.1) is 24.2 Å². The van der Waals surface area contributed by atoms with E-state index < -0.39 is 11.7 Å². The van der Waals surface area contributed by atoms with Gasteiger partial charge in [0, 0.05) is 38.5 Å². The molecule has 9 heteroatoms. The van der Waals surface area contributed by atoms with E-state index in [2.05, 4.69) is 32.7 Å². The van der Waals surface area contributed by atoms with Crippen molar-refractivity contribution in [1.29, 1.82) is 0 Å². The molecule has 5 atom stereocenters. The lowest BCUT2D eigenvalue weighted by molar-refractivity contribution is -0.151. The first-order valence-electron chi connectivity index (χ1n) is 11.8. The molecule has 2 rings (SSSR count). The van der Waals surface area contributed by atoms with Crippen LogP contribution in [0, 0.1) is 23.2 Å². The third kappa shape index (κ3) is 6.45. The minimum atomic E-state index is -0.449. The van der Waals surface area contributed by atoms with Gasteiger partial charge in [-0.15, -0.1) is 0 Å². The van der Waals surface area contributed by atoms with Crippen LogP contribution >= 0.6 is 0 Å². The lowest BCUT2D eigenvalue weighted by Gasteiger charge is -2.52. The highest BCUT2D eigenvalue weighted by atomic mass is 28.2. The fourth-order valence-electron chi connectivity index (χ4n) is 5.77. The minimum Gasteiger partial charge on any atom is -0.445 e. The van der Waals surface area contributed by atoms with E-state index in [9.17, 15) is 14.4 Å². The van der Waals surface area contributed by atoms with Crippen LogP contribution in [0.25, 0.3) is 0 Å². The lowest BCUT2D eigenvalue weighted by atomic mass is 9.60. The lowest BCUT2D eigenvalue weighted by Crippen LogP contribution is -2.66. The van der Waals surface area contributed by atoms with Crippen LogP contribution in [0.2, 0.25) is 0 Å². The summed E-state index contributed by atoms with van der Waals surface area (Å²) < 4.78 is 16.4. The third-order valence-corrected chi connectivity index (χ3v) is 8.20. The number of hydrogen-bond donors (Lipinski definition) is 1. The molecule has 1 N–H and O–H groups in total. The van der Waals surface area contributed by atoms with E-state index in [0.717, 1.165) is 6.42 Å². The van der Waals surface area contributed by atoms with Gasteiger partial charge in [-0.1, -0.05) is 33.4 Å². The second kappa shape index (κ2) is 11.1. The molecule has 0 aromatic rings. The molecule has 2 saturated heterocycles. The molecule has 0 saturated carbocycles. The Hall–Kier alpha value is -1.71. The molecule has 0 aliphatic carbocycles. The number of carbonyl (C=O) groups excluding carboxylic acids is 3. The van der Waals surface area contributed by atoms with Crippen molar-refractivity contribution in [3.63, 3.8) is 0 Å². The number of hydrogen-bond acceptors (Lipinski definition) is 6. The van der Waals surface area contributed by atoms with Gasteiger partial charge in [-0.3, -0.25) is 9.59 Å². The molecule has 2 heterocycles. The summed E-state index contributed by atoms with van der Waals surface area (Å²) in [6, 6.07) is -0.399. The van der Waals surface area contributed by atoms with Crippen LogP contribution in [0.15, 0.2) is 12.7 Å². The van der Waals surface area contributed by atoms with Crippen molar-refractivity contribution in [2.75, 3.05) is 26.9 Å². The number of methoxy groups -OCH3 is 1. The van der Waals surface area contributed by atoms with Crippen molar-refractivity contribution in [1.82, 2.24) is 10.2 Å². The topological polar surface area (TPSA) is 94.2 Å². The van der Waals surface area contributed by atoms with E-state index in [1.807, 2.05) is 13.8 Å². The number of β-lactam (4-membered cyclic amide) rings is 1. The van der Waals surface area contributed by atoms with Gasteiger partial charge in [0.1, 0.15) is 22.9 Å². The van der Waals surface area contributed by atoms with Crippen molar-refractivity contribution in [2.45, 2.75) is 71.6 Å². The number of nitrogens with one attached hydrogen (secondary N) is 1. The molecule has 0 radical (unpaired) electrons. The maximum Gasteiger partial charge on any atom is 0.410 e. The predicted molar refractivity (Wildman–Crippen MR) is 130 cm³/mol. The molecule has 2 unspecified atom stereocenters. The van der Waals surface area contributed by atoms with Gasteiger partial charge in [0.25, 0.3) is 0 Å². The fourth-order valence-corrected chi connectivity index (χ4v) is 6.03. The Morgan fingerprint density at radius 2 is 1.94 bits per heavy atom. The molecule has 33 heavy (non-hydrogen) atoms. The Bertz CT molecular complexity index is 735. The zero-order valence-electron chi connectivity index (χ0n) is 21.3. The maximum atomic E-state index is 13.1. The highest BCUT2D eigenvalue weighted by molar-refractivity contribution is 5.98. The van der Waals surface area contributed by atoms with Crippen molar-refractivity contribution in [3.05, 3.63) is 12.7 Å². The first kappa shape index (κ1) is 27.5. The van der Waals surface area contributed by atoms with Crippen LogP contribution in [0.4, 0.5) is 4.79 Å². The Labute approximate surface area is 201 Å². The van der Waals surface area contributed by atoms with Gasteiger partial charge in [-0.25, -0.2) is 4.79 Å². The first-order valence-corrected chi connectivity index (χ1v) is 12.6. The molecule has 8 nitrogen and oxygen atoms in total. The average molecular weight is 483 g/mol. The number of rotatable bonds is 11. The number of ketones is 1. The van der Waals surface area contributed by atoms with Crippen LogP contribution in [-0.2, 0) is 23.5 Å².